The van der Waals surface area contributed by atoms with Crippen LogP contribution in [0.25, 0.3) is 17.2 Å². The zero-order valence-corrected chi connectivity index (χ0v) is 16.1. The average molecular weight is 377 g/mol. The van der Waals surface area contributed by atoms with Gasteiger partial charge in [-0.3, -0.25) is 4.79 Å². The van der Waals surface area contributed by atoms with E-state index in [4.69, 9.17) is 4.98 Å². The summed E-state index contributed by atoms with van der Waals surface area (Å²) in [5, 5.41) is 13.5. The molecule has 2 aromatic heterocycles. The van der Waals surface area contributed by atoms with E-state index in [1.54, 1.807) is 15.8 Å². The van der Waals surface area contributed by atoms with E-state index in [0.717, 1.165) is 29.7 Å². The van der Waals surface area contributed by atoms with Crippen molar-refractivity contribution in [3.8, 4) is 17.2 Å². The molecule has 0 spiro atoms. The Morgan fingerprint density at radius 1 is 1.21 bits per heavy atom. The predicted molar refractivity (Wildman–Crippen MR) is 105 cm³/mol. The number of carbonyl (C=O) groups is 1. The second-order valence-electron chi connectivity index (χ2n) is 6.86. The first-order valence-electron chi connectivity index (χ1n) is 9.53. The molecule has 4 rings (SSSR count). The van der Waals surface area contributed by atoms with Crippen molar-refractivity contribution >= 4 is 5.91 Å². The Labute approximate surface area is 163 Å². The van der Waals surface area contributed by atoms with Crippen molar-refractivity contribution in [3.05, 3.63) is 59.0 Å². The van der Waals surface area contributed by atoms with E-state index in [1.807, 2.05) is 32.2 Å². The van der Waals surface area contributed by atoms with Gasteiger partial charge in [-0.05, 0) is 37.8 Å². The summed E-state index contributed by atoms with van der Waals surface area (Å²) >= 11 is 0. The van der Waals surface area contributed by atoms with Crippen LogP contribution in [0.15, 0.2) is 36.7 Å². The molecule has 0 aliphatic heterocycles. The fraction of sp³-hybridized carbons (Fsp3) is 0.333. The second-order valence-corrected chi connectivity index (χ2v) is 6.86. The number of carbonyl (C=O) groups excluding carboxylic acids is 1. The molecule has 0 saturated carbocycles. The van der Waals surface area contributed by atoms with Crippen LogP contribution in [-0.2, 0) is 12.8 Å². The maximum Gasteiger partial charge on any atom is 0.257 e. The van der Waals surface area contributed by atoms with Gasteiger partial charge in [0.05, 0.1) is 29.8 Å². The fourth-order valence-corrected chi connectivity index (χ4v) is 3.67. The summed E-state index contributed by atoms with van der Waals surface area (Å²) in [5.74, 6) is 0.306. The minimum atomic E-state index is -0.149. The average Bonchev–Trinajstić information content (AvgIpc) is 3.12. The van der Waals surface area contributed by atoms with Crippen LogP contribution in [0.3, 0.4) is 0 Å². The molecule has 0 atom stereocenters. The molecule has 1 aromatic carbocycles. The summed E-state index contributed by atoms with van der Waals surface area (Å²) in [7, 11) is 0. The van der Waals surface area contributed by atoms with Crippen LogP contribution in [0, 0.1) is 6.92 Å². The van der Waals surface area contributed by atoms with E-state index in [0.29, 0.717) is 30.3 Å². The van der Waals surface area contributed by atoms with E-state index < -0.39 is 0 Å². The van der Waals surface area contributed by atoms with Crippen molar-refractivity contribution < 1.29 is 9.90 Å². The quantitative estimate of drug-likeness (QED) is 0.737. The molecule has 1 N–H and O–H groups in total. The molecule has 3 aromatic rings. The Hall–Kier alpha value is -3.06. The fourth-order valence-electron chi connectivity index (χ4n) is 3.67. The van der Waals surface area contributed by atoms with Crippen LogP contribution < -0.4 is 0 Å². The number of hydrogen-bond donors (Lipinski definition) is 1. The summed E-state index contributed by atoms with van der Waals surface area (Å²) in [4.78, 5) is 23.6. The van der Waals surface area contributed by atoms with Gasteiger partial charge in [0.1, 0.15) is 0 Å². The number of benzene rings is 1. The number of amides is 1. The van der Waals surface area contributed by atoms with Crippen LogP contribution in [0.5, 0.6) is 0 Å². The molecule has 0 saturated heterocycles. The first kappa shape index (κ1) is 18.3. The van der Waals surface area contributed by atoms with Crippen LogP contribution in [0.4, 0.5) is 0 Å². The molecule has 144 valence electrons. The number of likely N-dealkylation sites (N-methyl/N-ethyl adjacent to an activating group) is 1. The summed E-state index contributed by atoms with van der Waals surface area (Å²) in [6, 6.07) is 8.29. The van der Waals surface area contributed by atoms with Gasteiger partial charge in [0.15, 0.2) is 0 Å². The summed E-state index contributed by atoms with van der Waals surface area (Å²) in [6.07, 6.45) is 5.32. The highest BCUT2D eigenvalue weighted by Gasteiger charge is 2.23. The van der Waals surface area contributed by atoms with Gasteiger partial charge in [-0.25, -0.2) is 14.6 Å². The smallest absolute Gasteiger partial charge is 0.257 e. The third-order valence-electron chi connectivity index (χ3n) is 5.26. The van der Waals surface area contributed by atoms with Crippen LogP contribution >= 0.6 is 0 Å². The molecule has 0 fully saturated rings. The number of aryl methyl sites for hydroxylation is 2. The highest BCUT2D eigenvalue weighted by atomic mass is 16.3. The molecule has 0 radical (unpaired) electrons. The van der Waals surface area contributed by atoms with Crippen molar-refractivity contribution in [2.75, 3.05) is 19.7 Å². The van der Waals surface area contributed by atoms with Gasteiger partial charge in [-0.2, -0.15) is 5.10 Å². The van der Waals surface area contributed by atoms with Gasteiger partial charge in [0.2, 0.25) is 0 Å². The van der Waals surface area contributed by atoms with Crippen LogP contribution in [-0.4, -0.2) is 55.4 Å². The van der Waals surface area contributed by atoms with Crippen LogP contribution in [0.2, 0.25) is 0 Å². The third-order valence-corrected chi connectivity index (χ3v) is 5.26. The molecule has 1 aliphatic rings. The van der Waals surface area contributed by atoms with Gasteiger partial charge in [0.25, 0.3) is 11.9 Å². The lowest BCUT2D eigenvalue weighted by Gasteiger charge is -2.20. The molecule has 2 heterocycles. The van der Waals surface area contributed by atoms with E-state index in [2.05, 4.69) is 22.2 Å². The number of nitrogens with zero attached hydrogens (tertiary/aromatic N) is 5. The standard InChI is InChI=1S/C21H23N5O2/c1-3-25(10-11-27)20(28)18-13-23-26(14(18)2)21-22-12-16-9-8-15-6-4-5-7-17(15)19(16)24-21/h4-7,12-13,27H,3,8-11H2,1-2H3. The zero-order chi connectivity index (χ0) is 19.7. The van der Waals surface area contributed by atoms with Crippen molar-refractivity contribution in [2.45, 2.75) is 26.7 Å². The zero-order valence-electron chi connectivity index (χ0n) is 16.1. The Bertz CT molecular complexity index is 1030. The third kappa shape index (κ3) is 3.07. The van der Waals surface area contributed by atoms with Crippen LogP contribution in [0.1, 0.15) is 34.1 Å². The van der Waals surface area contributed by atoms with Crippen molar-refractivity contribution in [1.29, 1.82) is 0 Å². The number of rotatable bonds is 5. The Balaban J connectivity index is 1.72. The monoisotopic (exact) mass is 377 g/mol. The van der Waals surface area contributed by atoms with Gasteiger partial charge < -0.3 is 10.0 Å². The topological polar surface area (TPSA) is 84.1 Å². The van der Waals surface area contributed by atoms with Gasteiger partial charge in [0, 0.05) is 24.8 Å². The maximum atomic E-state index is 12.7. The molecule has 0 unspecified atom stereocenters. The normalized spacial score (nSPS) is 12.4. The van der Waals surface area contributed by atoms with E-state index in [1.165, 1.54) is 5.56 Å². The summed E-state index contributed by atoms with van der Waals surface area (Å²) in [5.41, 5.74) is 5.67. The molecule has 7 heteroatoms. The Morgan fingerprint density at radius 2 is 2.00 bits per heavy atom. The van der Waals surface area contributed by atoms with E-state index >= 15 is 0 Å². The molecular weight excluding hydrogens is 354 g/mol. The molecule has 1 amide bonds. The van der Waals surface area contributed by atoms with Crippen molar-refractivity contribution in [2.24, 2.45) is 0 Å². The minimum absolute atomic E-state index is 0.0693. The van der Waals surface area contributed by atoms with Gasteiger partial charge in [-0.1, -0.05) is 24.3 Å². The summed E-state index contributed by atoms with van der Waals surface area (Å²) < 4.78 is 1.61. The predicted octanol–water partition coefficient (Wildman–Crippen LogP) is 2.19. The van der Waals surface area contributed by atoms with E-state index in [-0.39, 0.29) is 12.5 Å². The van der Waals surface area contributed by atoms with Gasteiger partial charge in [-0.15, -0.1) is 0 Å². The molecule has 0 bridgehead atoms. The molecule has 1 aliphatic carbocycles. The Morgan fingerprint density at radius 3 is 2.79 bits per heavy atom. The number of hydrogen-bond acceptors (Lipinski definition) is 5. The number of aliphatic hydroxyl groups excluding tert-OH is 1. The molecule has 7 nitrogen and oxygen atoms in total. The lowest BCUT2D eigenvalue weighted by atomic mass is 9.90. The lowest BCUT2D eigenvalue weighted by Crippen LogP contribution is -2.33. The van der Waals surface area contributed by atoms with Crippen molar-refractivity contribution in [1.82, 2.24) is 24.6 Å². The number of aromatic nitrogens is 4. The van der Waals surface area contributed by atoms with Crippen molar-refractivity contribution in [3.63, 3.8) is 0 Å². The maximum absolute atomic E-state index is 12.7. The minimum Gasteiger partial charge on any atom is -0.395 e. The Kier molecular flexibility index (Phi) is 4.92. The summed E-state index contributed by atoms with van der Waals surface area (Å²) in [6.45, 7) is 4.48. The lowest BCUT2D eigenvalue weighted by molar-refractivity contribution is 0.0731. The van der Waals surface area contributed by atoms with Gasteiger partial charge >= 0.3 is 0 Å². The molecular formula is C21H23N5O2. The molecule has 28 heavy (non-hydrogen) atoms. The number of fused-ring (bicyclic) bond motifs is 3. The first-order chi connectivity index (χ1) is 13.6. The SMILES string of the molecule is CCN(CCO)C(=O)c1cnn(-c2ncc3c(n2)-c2ccccc2CC3)c1C. The highest BCUT2D eigenvalue weighted by molar-refractivity contribution is 5.95. The first-order valence-corrected chi connectivity index (χ1v) is 9.53. The second kappa shape index (κ2) is 7.52. The largest absolute Gasteiger partial charge is 0.395 e. The highest BCUT2D eigenvalue weighted by Crippen LogP contribution is 2.31. The number of aliphatic hydroxyl groups is 1. The van der Waals surface area contributed by atoms with E-state index in [9.17, 15) is 9.90 Å².